The molecule has 0 unspecified atom stereocenters. The molecule has 3 aliphatic rings. The lowest BCUT2D eigenvalue weighted by atomic mass is 9.62. The third-order valence-electron chi connectivity index (χ3n) is 8.01. The summed E-state index contributed by atoms with van der Waals surface area (Å²) in [5.41, 5.74) is 1.70. The largest absolute Gasteiger partial charge is 0.366 e. The number of hydrogen-bond donors (Lipinski definition) is 2. The molecule has 0 aliphatic heterocycles. The van der Waals surface area contributed by atoms with Gasteiger partial charge in [-0.15, -0.1) is 0 Å². The molecular formula is C26H29F2N5. The van der Waals surface area contributed by atoms with Crippen molar-refractivity contribution in [2.45, 2.75) is 58.5 Å². The fourth-order valence-corrected chi connectivity index (χ4v) is 6.18. The predicted octanol–water partition coefficient (Wildman–Crippen LogP) is 6.68. The summed E-state index contributed by atoms with van der Waals surface area (Å²) in [5, 5.41) is 5.24. The van der Waals surface area contributed by atoms with Crippen LogP contribution in [0.4, 0.5) is 14.6 Å². The number of rotatable bonds is 4. The number of anilines is 1. The van der Waals surface area contributed by atoms with Gasteiger partial charge in [-0.1, -0.05) is 6.92 Å². The van der Waals surface area contributed by atoms with E-state index >= 15 is 0 Å². The second-order valence-corrected chi connectivity index (χ2v) is 10.2. The minimum atomic E-state index is -0.617. The molecule has 3 saturated carbocycles. The zero-order valence-corrected chi connectivity index (χ0v) is 19.2. The van der Waals surface area contributed by atoms with E-state index in [0.717, 1.165) is 28.8 Å². The van der Waals surface area contributed by atoms with E-state index in [9.17, 15) is 8.78 Å². The van der Waals surface area contributed by atoms with Crippen LogP contribution in [0.2, 0.25) is 0 Å². The molecule has 2 N–H and O–H groups in total. The Hall–Kier alpha value is -2.96. The van der Waals surface area contributed by atoms with Gasteiger partial charge in [0, 0.05) is 41.5 Å². The molecule has 0 spiro atoms. The van der Waals surface area contributed by atoms with Crippen LogP contribution >= 0.6 is 0 Å². The van der Waals surface area contributed by atoms with Gasteiger partial charge in [-0.2, -0.15) is 0 Å². The van der Waals surface area contributed by atoms with Gasteiger partial charge in [0.05, 0.1) is 10.9 Å². The van der Waals surface area contributed by atoms with Crippen LogP contribution in [0.3, 0.4) is 0 Å². The molecule has 3 fully saturated rings. The standard InChI is InChI=1S/C26H29F2N5/c1-13(2)33-9-8-18-24(30-22-14(3)15-4-6-16(22)7-5-15)31-25(32-26(18)33)20-12-29-23-19(20)10-17(27)11-21(23)28/h8-16,22,29H,4-7H2,1-3H3,(H,30,31,32)/t14-,15?,16?,22+/m0/s1. The first-order valence-electron chi connectivity index (χ1n) is 12.0. The molecule has 5 nitrogen and oxygen atoms in total. The summed E-state index contributed by atoms with van der Waals surface area (Å²) in [7, 11) is 0. The maximum atomic E-state index is 14.3. The van der Waals surface area contributed by atoms with Crippen molar-refractivity contribution in [2.24, 2.45) is 17.8 Å². The van der Waals surface area contributed by atoms with Crippen LogP contribution in [0.5, 0.6) is 0 Å². The molecule has 0 radical (unpaired) electrons. The molecule has 3 aliphatic carbocycles. The molecule has 2 bridgehead atoms. The lowest BCUT2D eigenvalue weighted by molar-refractivity contribution is 0.0929. The van der Waals surface area contributed by atoms with Gasteiger partial charge >= 0.3 is 0 Å². The maximum Gasteiger partial charge on any atom is 0.166 e. The number of aromatic nitrogens is 4. The summed E-state index contributed by atoms with van der Waals surface area (Å²) in [6.45, 7) is 6.59. The SMILES string of the molecule is CC(C)n1ccc2c(N[C@H]3C4CCC(CC4)[C@@H]3C)nc(-c3c[nH]c4c(F)cc(F)cc34)nc21. The number of aromatic amines is 1. The number of nitrogens with one attached hydrogen (secondary N) is 2. The Balaban J connectivity index is 1.52. The summed E-state index contributed by atoms with van der Waals surface area (Å²) >= 11 is 0. The second-order valence-electron chi connectivity index (χ2n) is 10.2. The van der Waals surface area contributed by atoms with Crippen LogP contribution in [0.25, 0.3) is 33.3 Å². The Morgan fingerprint density at radius 3 is 2.55 bits per heavy atom. The monoisotopic (exact) mass is 449 g/mol. The van der Waals surface area contributed by atoms with E-state index in [-0.39, 0.29) is 11.6 Å². The first-order chi connectivity index (χ1) is 15.9. The molecular weight excluding hydrogens is 420 g/mol. The Kier molecular flexibility index (Phi) is 4.71. The highest BCUT2D eigenvalue weighted by molar-refractivity contribution is 5.96. The van der Waals surface area contributed by atoms with E-state index in [2.05, 4.69) is 41.7 Å². The second kappa shape index (κ2) is 7.54. The van der Waals surface area contributed by atoms with E-state index in [1.807, 2.05) is 6.20 Å². The first kappa shape index (κ1) is 20.6. The van der Waals surface area contributed by atoms with Crippen LogP contribution in [0.1, 0.15) is 52.5 Å². The smallest absolute Gasteiger partial charge is 0.166 e. The molecule has 172 valence electrons. The maximum absolute atomic E-state index is 14.3. The molecule has 7 rings (SSSR count). The van der Waals surface area contributed by atoms with Gasteiger partial charge in [0.1, 0.15) is 23.1 Å². The minimum Gasteiger partial charge on any atom is -0.366 e. The molecule has 3 heterocycles. The van der Waals surface area contributed by atoms with Crippen LogP contribution < -0.4 is 5.32 Å². The summed E-state index contributed by atoms with van der Waals surface area (Å²) in [4.78, 5) is 12.8. The number of hydrogen-bond acceptors (Lipinski definition) is 3. The molecule has 2 atom stereocenters. The van der Waals surface area contributed by atoms with Crippen LogP contribution in [-0.2, 0) is 0 Å². The highest BCUT2D eigenvalue weighted by Gasteiger charge is 2.41. The van der Waals surface area contributed by atoms with Gasteiger partial charge in [-0.3, -0.25) is 0 Å². The van der Waals surface area contributed by atoms with Crippen LogP contribution in [0.15, 0.2) is 30.6 Å². The Morgan fingerprint density at radius 2 is 1.82 bits per heavy atom. The van der Waals surface area contributed by atoms with Gasteiger partial charge in [-0.05, 0) is 69.4 Å². The Morgan fingerprint density at radius 1 is 1.06 bits per heavy atom. The van der Waals surface area contributed by atoms with Crippen molar-refractivity contribution in [1.82, 2.24) is 19.5 Å². The van der Waals surface area contributed by atoms with Crippen molar-refractivity contribution in [3.05, 3.63) is 42.2 Å². The molecule has 33 heavy (non-hydrogen) atoms. The lowest BCUT2D eigenvalue weighted by Crippen LogP contribution is -2.47. The zero-order valence-electron chi connectivity index (χ0n) is 19.2. The van der Waals surface area contributed by atoms with Crippen molar-refractivity contribution in [3.63, 3.8) is 0 Å². The number of benzene rings is 1. The van der Waals surface area contributed by atoms with Crippen molar-refractivity contribution in [2.75, 3.05) is 5.32 Å². The minimum absolute atomic E-state index is 0.223. The normalized spacial score (nSPS) is 24.9. The topological polar surface area (TPSA) is 58.5 Å². The fourth-order valence-electron chi connectivity index (χ4n) is 6.18. The highest BCUT2D eigenvalue weighted by Crippen LogP contribution is 2.46. The molecule has 4 aromatic rings. The van der Waals surface area contributed by atoms with Crippen molar-refractivity contribution >= 4 is 27.8 Å². The van der Waals surface area contributed by atoms with Gasteiger partial charge in [0.15, 0.2) is 5.82 Å². The lowest BCUT2D eigenvalue weighted by Gasteiger charge is -2.47. The van der Waals surface area contributed by atoms with E-state index < -0.39 is 11.6 Å². The predicted molar refractivity (Wildman–Crippen MR) is 127 cm³/mol. The molecule has 1 aromatic carbocycles. The van der Waals surface area contributed by atoms with Gasteiger partial charge in [-0.25, -0.2) is 18.7 Å². The fraction of sp³-hybridized carbons (Fsp3) is 0.462. The number of fused-ring (bicyclic) bond motifs is 5. The number of H-pyrrole nitrogens is 1. The van der Waals surface area contributed by atoms with E-state index in [0.29, 0.717) is 34.7 Å². The quantitative estimate of drug-likeness (QED) is 0.366. The molecule has 0 amide bonds. The molecule has 7 heteroatoms. The third-order valence-corrected chi connectivity index (χ3v) is 8.01. The average molecular weight is 450 g/mol. The van der Waals surface area contributed by atoms with Crippen LogP contribution in [0, 0.1) is 29.4 Å². The summed E-state index contributed by atoms with van der Waals surface area (Å²) in [5.74, 6) is 2.06. The molecule has 3 aromatic heterocycles. The van der Waals surface area contributed by atoms with Gasteiger partial charge in [0.2, 0.25) is 0 Å². The van der Waals surface area contributed by atoms with Crippen molar-refractivity contribution in [1.29, 1.82) is 0 Å². The van der Waals surface area contributed by atoms with Crippen LogP contribution in [-0.4, -0.2) is 25.6 Å². The summed E-state index contributed by atoms with van der Waals surface area (Å²) in [6, 6.07) is 4.91. The number of nitrogens with zero attached hydrogens (tertiary/aromatic N) is 3. The average Bonchev–Trinajstić information content (AvgIpc) is 3.41. The zero-order chi connectivity index (χ0) is 22.9. The van der Waals surface area contributed by atoms with E-state index in [4.69, 9.17) is 9.97 Å². The summed E-state index contributed by atoms with van der Waals surface area (Å²) < 4.78 is 30.5. The van der Waals surface area contributed by atoms with E-state index in [1.54, 1.807) is 6.20 Å². The number of halogens is 2. The highest BCUT2D eigenvalue weighted by atomic mass is 19.1. The van der Waals surface area contributed by atoms with Crippen molar-refractivity contribution in [3.8, 4) is 11.4 Å². The van der Waals surface area contributed by atoms with Gasteiger partial charge < -0.3 is 14.9 Å². The first-order valence-corrected chi connectivity index (χ1v) is 12.0. The Bertz CT molecular complexity index is 1340. The summed E-state index contributed by atoms with van der Waals surface area (Å²) in [6.07, 6.45) is 8.90. The molecule has 0 saturated heterocycles. The van der Waals surface area contributed by atoms with Crippen molar-refractivity contribution < 1.29 is 8.78 Å². The van der Waals surface area contributed by atoms with E-state index in [1.165, 1.54) is 31.7 Å². The van der Waals surface area contributed by atoms with Gasteiger partial charge in [0.25, 0.3) is 0 Å². The third kappa shape index (κ3) is 3.23. The Labute approximate surface area is 191 Å².